The molecular weight excluding hydrogens is 364 g/mol. The van der Waals surface area contributed by atoms with Gasteiger partial charge >= 0.3 is 0 Å². The Bertz CT molecular complexity index is 1210. The van der Waals surface area contributed by atoms with Crippen LogP contribution in [0.2, 0.25) is 0 Å². The third-order valence-electron chi connectivity index (χ3n) is 6.41. The molecule has 0 saturated heterocycles. The molecule has 146 valence electrons. The Kier molecular flexibility index (Phi) is 4.22. The second-order valence-corrected chi connectivity index (χ2v) is 8.45. The standard InChI is InChI=1S/C29H24O/c1-19-4-10-23(11-5-19)29(24-12-8-22(18-30)9-13-24)27-16-20(2)6-14-25(27)26-15-7-21(3)17-28(26)29/h4-18H,1-3H3. The van der Waals surface area contributed by atoms with Crippen molar-refractivity contribution in [2.75, 3.05) is 0 Å². The summed E-state index contributed by atoms with van der Waals surface area (Å²) < 4.78 is 0. The van der Waals surface area contributed by atoms with Crippen molar-refractivity contribution >= 4 is 6.29 Å². The van der Waals surface area contributed by atoms with Crippen LogP contribution in [-0.2, 0) is 5.41 Å². The first-order chi connectivity index (χ1) is 14.5. The quantitative estimate of drug-likeness (QED) is 0.311. The highest BCUT2D eigenvalue weighted by atomic mass is 16.1. The lowest BCUT2D eigenvalue weighted by atomic mass is 9.67. The predicted molar refractivity (Wildman–Crippen MR) is 123 cm³/mol. The van der Waals surface area contributed by atoms with Gasteiger partial charge in [-0.3, -0.25) is 4.79 Å². The van der Waals surface area contributed by atoms with Gasteiger partial charge in [0.2, 0.25) is 0 Å². The van der Waals surface area contributed by atoms with E-state index in [0.717, 1.165) is 6.29 Å². The van der Waals surface area contributed by atoms with Gasteiger partial charge in [0, 0.05) is 5.56 Å². The normalized spacial score (nSPS) is 13.6. The second-order valence-electron chi connectivity index (χ2n) is 8.45. The molecule has 4 aromatic carbocycles. The van der Waals surface area contributed by atoms with E-state index >= 15 is 0 Å². The van der Waals surface area contributed by atoms with Crippen LogP contribution in [0.1, 0.15) is 49.3 Å². The van der Waals surface area contributed by atoms with Crippen LogP contribution in [0.3, 0.4) is 0 Å². The van der Waals surface area contributed by atoms with Crippen molar-refractivity contribution in [2.24, 2.45) is 0 Å². The first-order valence-corrected chi connectivity index (χ1v) is 10.4. The van der Waals surface area contributed by atoms with Crippen LogP contribution >= 0.6 is 0 Å². The van der Waals surface area contributed by atoms with Gasteiger partial charge in [-0.1, -0.05) is 102 Å². The summed E-state index contributed by atoms with van der Waals surface area (Å²) in [6, 6.07) is 30.6. The van der Waals surface area contributed by atoms with Crippen LogP contribution in [0.4, 0.5) is 0 Å². The second kappa shape index (κ2) is 6.81. The van der Waals surface area contributed by atoms with Crippen LogP contribution in [0.5, 0.6) is 0 Å². The van der Waals surface area contributed by atoms with Crippen molar-refractivity contribution in [1.82, 2.24) is 0 Å². The maximum absolute atomic E-state index is 11.3. The molecule has 0 saturated carbocycles. The number of hydrogen-bond donors (Lipinski definition) is 0. The van der Waals surface area contributed by atoms with Gasteiger partial charge in [-0.15, -0.1) is 0 Å². The minimum atomic E-state index is -0.405. The molecule has 30 heavy (non-hydrogen) atoms. The summed E-state index contributed by atoms with van der Waals surface area (Å²) in [5, 5.41) is 0. The maximum atomic E-state index is 11.3. The van der Waals surface area contributed by atoms with E-state index < -0.39 is 5.41 Å². The number of aldehydes is 1. The molecular formula is C29H24O. The van der Waals surface area contributed by atoms with Crippen LogP contribution in [0.15, 0.2) is 84.9 Å². The molecule has 0 unspecified atom stereocenters. The van der Waals surface area contributed by atoms with E-state index in [0.29, 0.717) is 5.56 Å². The average molecular weight is 389 g/mol. The number of rotatable bonds is 3. The van der Waals surface area contributed by atoms with Gasteiger partial charge in [0.25, 0.3) is 0 Å². The highest BCUT2D eigenvalue weighted by Gasteiger charge is 2.46. The van der Waals surface area contributed by atoms with Gasteiger partial charge < -0.3 is 0 Å². The maximum Gasteiger partial charge on any atom is 0.150 e. The molecule has 1 nitrogen and oxygen atoms in total. The summed E-state index contributed by atoms with van der Waals surface area (Å²) in [6.07, 6.45) is 0.910. The monoisotopic (exact) mass is 388 g/mol. The number of hydrogen-bond acceptors (Lipinski definition) is 1. The van der Waals surface area contributed by atoms with Crippen LogP contribution in [0, 0.1) is 20.8 Å². The van der Waals surface area contributed by atoms with Gasteiger partial charge in [-0.05, 0) is 54.2 Å². The van der Waals surface area contributed by atoms with Crippen molar-refractivity contribution in [1.29, 1.82) is 0 Å². The highest BCUT2D eigenvalue weighted by molar-refractivity contribution is 5.87. The Balaban J connectivity index is 1.95. The zero-order chi connectivity index (χ0) is 20.9. The molecule has 0 amide bonds. The number of carbonyl (C=O) groups is 1. The Hall–Kier alpha value is -3.45. The third kappa shape index (κ3) is 2.59. The van der Waals surface area contributed by atoms with E-state index in [2.05, 4.69) is 93.6 Å². The Morgan fingerprint density at radius 3 is 1.47 bits per heavy atom. The molecule has 0 atom stereocenters. The molecule has 1 aliphatic rings. The predicted octanol–water partition coefficient (Wildman–Crippen LogP) is 6.79. The molecule has 0 radical (unpaired) electrons. The zero-order valence-corrected chi connectivity index (χ0v) is 17.6. The van der Waals surface area contributed by atoms with E-state index in [1.54, 1.807) is 0 Å². The molecule has 1 aliphatic carbocycles. The van der Waals surface area contributed by atoms with Crippen LogP contribution in [-0.4, -0.2) is 6.29 Å². The van der Waals surface area contributed by atoms with Gasteiger partial charge in [0.15, 0.2) is 0 Å². The molecule has 0 bridgehead atoms. The summed E-state index contributed by atoms with van der Waals surface area (Å²) in [4.78, 5) is 11.3. The number of aryl methyl sites for hydroxylation is 3. The van der Waals surface area contributed by atoms with Crippen molar-refractivity contribution in [3.63, 3.8) is 0 Å². The minimum absolute atomic E-state index is 0.405. The average Bonchev–Trinajstić information content (AvgIpc) is 3.04. The van der Waals surface area contributed by atoms with Crippen LogP contribution < -0.4 is 0 Å². The zero-order valence-electron chi connectivity index (χ0n) is 17.6. The summed E-state index contributed by atoms with van der Waals surface area (Å²) in [5.41, 5.74) is 11.7. The van der Waals surface area contributed by atoms with Crippen molar-refractivity contribution in [3.8, 4) is 11.1 Å². The highest BCUT2D eigenvalue weighted by Crippen LogP contribution is 2.56. The SMILES string of the molecule is Cc1ccc(C2(c3ccc(C=O)cc3)c3cc(C)ccc3-c3ccc(C)cc32)cc1. The summed E-state index contributed by atoms with van der Waals surface area (Å²) in [7, 11) is 0. The van der Waals surface area contributed by atoms with E-state index in [1.165, 1.54) is 50.1 Å². The third-order valence-corrected chi connectivity index (χ3v) is 6.41. The van der Waals surface area contributed by atoms with E-state index in [-0.39, 0.29) is 0 Å². The summed E-state index contributed by atoms with van der Waals surface area (Å²) in [5.74, 6) is 0. The molecule has 0 aromatic heterocycles. The fraction of sp³-hybridized carbons (Fsp3) is 0.138. The van der Waals surface area contributed by atoms with Crippen molar-refractivity contribution in [2.45, 2.75) is 26.2 Å². The molecule has 5 rings (SSSR count). The fourth-order valence-corrected chi connectivity index (χ4v) is 4.96. The van der Waals surface area contributed by atoms with Gasteiger partial charge in [-0.2, -0.15) is 0 Å². The lowest BCUT2D eigenvalue weighted by Gasteiger charge is -2.34. The summed E-state index contributed by atoms with van der Waals surface area (Å²) >= 11 is 0. The number of benzene rings is 4. The summed E-state index contributed by atoms with van der Waals surface area (Å²) in [6.45, 7) is 6.44. The molecule has 0 heterocycles. The smallest absolute Gasteiger partial charge is 0.150 e. The molecule has 0 aliphatic heterocycles. The van der Waals surface area contributed by atoms with Crippen molar-refractivity contribution < 1.29 is 4.79 Å². The number of carbonyl (C=O) groups excluding carboxylic acids is 1. The number of fused-ring (bicyclic) bond motifs is 3. The lowest BCUT2D eigenvalue weighted by molar-refractivity contribution is 0.112. The van der Waals surface area contributed by atoms with Gasteiger partial charge in [-0.25, -0.2) is 0 Å². The van der Waals surface area contributed by atoms with Gasteiger partial charge in [0.05, 0.1) is 5.41 Å². The minimum Gasteiger partial charge on any atom is -0.298 e. The largest absolute Gasteiger partial charge is 0.298 e. The molecule has 4 aromatic rings. The first kappa shape index (κ1) is 18.6. The van der Waals surface area contributed by atoms with Crippen LogP contribution in [0.25, 0.3) is 11.1 Å². The van der Waals surface area contributed by atoms with E-state index in [1.807, 2.05) is 12.1 Å². The Morgan fingerprint density at radius 2 is 1.00 bits per heavy atom. The topological polar surface area (TPSA) is 17.1 Å². The first-order valence-electron chi connectivity index (χ1n) is 10.4. The Labute approximate surface area is 178 Å². The molecule has 0 spiro atoms. The molecule has 0 fully saturated rings. The molecule has 1 heteroatoms. The molecule has 0 N–H and O–H groups in total. The van der Waals surface area contributed by atoms with Crippen molar-refractivity contribution in [3.05, 3.63) is 129 Å². The van der Waals surface area contributed by atoms with E-state index in [4.69, 9.17) is 0 Å². The lowest BCUT2D eigenvalue weighted by Crippen LogP contribution is -2.28. The van der Waals surface area contributed by atoms with E-state index in [9.17, 15) is 4.79 Å². The van der Waals surface area contributed by atoms with Gasteiger partial charge in [0.1, 0.15) is 6.29 Å². The fourth-order valence-electron chi connectivity index (χ4n) is 4.96. The Morgan fingerprint density at radius 1 is 0.567 bits per heavy atom.